The fourth-order valence-electron chi connectivity index (χ4n) is 1.80. The van der Waals surface area contributed by atoms with Crippen molar-refractivity contribution in [1.29, 1.82) is 0 Å². The molecular formula is C12H21NO. The normalized spacial score (nSPS) is 24.1. The van der Waals surface area contributed by atoms with Gasteiger partial charge in [0.15, 0.2) is 0 Å². The molecule has 1 N–H and O–H groups in total. The first kappa shape index (κ1) is 11.6. The maximum Gasteiger partial charge on any atom is 0.0506 e. The van der Waals surface area contributed by atoms with Crippen molar-refractivity contribution < 1.29 is 4.74 Å². The molecule has 14 heavy (non-hydrogen) atoms. The Hall–Kier alpha value is -0.520. The van der Waals surface area contributed by atoms with Crippen LogP contribution in [0, 0.1) is 18.3 Å². The van der Waals surface area contributed by atoms with Gasteiger partial charge in [-0.1, -0.05) is 6.92 Å². The van der Waals surface area contributed by atoms with Crippen LogP contribution >= 0.6 is 0 Å². The molecule has 1 aliphatic heterocycles. The van der Waals surface area contributed by atoms with Gasteiger partial charge in [0.1, 0.15) is 0 Å². The molecule has 0 radical (unpaired) electrons. The first-order chi connectivity index (χ1) is 6.86. The van der Waals surface area contributed by atoms with Crippen LogP contribution in [-0.2, 0) is 4.74 Å². The van der Waals surface area contributed by atoms with Gasteiger partial charge >= 0.3 is 0 Å². The molecule has 2 heteroatoms. The molecule has 0 aromatic rings. The predicted octanol–water partition coefficient (Wildman–Crippen LogP) is 1.80. The summed E-state index contributed by atoms with van der Waals surface area (Å²) in [6, 6.07) is 0.488. The van der Waals surface area contributed by atoms with E-state index in [2.05, 4.69) is 18.2 Å². The molecule has 1 aliphatic rings. The molecule has 0 amide bonds. The van der Waals surface area contributed by atoms with Crippen molar-refractivity contribution in [2.45, 2.75) is 38.6 Å². The average molecular weight is 195 g/mol. The van der Waals surface area contributed by atoms with Crippen LogP contribution in [0.3, 0.4) is 0 Å². The van der Waals surface area contributed by atoms with Gasteiger partial charge in [-0.25, -0.2) is 0 Å². The Bertz CT molecular complexity index is 179. The lowest BCUT2D eigenvalue weighted by atomic mass is 10.0. The summed E-state index contributed by atoms with van der Waals surface area (Å²) in [5.41, 5.74) is 0. The second kappa shape index (κ2) is 6.86. The van der Waals surface area contributed by atoms with Gasteiger partial charge in [-0.05, 0) is 25.2 Å². The van der Waals surface area contributed by atoms with E-state index in [1.54, 1.807) is 0 Å². The molecule has 1 fully saturated rings. The van der Waals surface area contributed by atoms with Gasteiger partial charge in [-0.2, -0.15) is 0 Å². The highest BCUT2D eigenvalue weighted by Gasteiger charge is 2.14. The molecule has 2 unspecified atom stereocenters. The lowest BCUT2D eigenvalue weighted by Crippen LogP contribution is -2.35. The molecule has 1 rings (SSSR count). The van der Waals surface area contributed by atoms with E-state index < -0.39 is 0 Å². The van der Waals surface area contributed by atoms with Crippen molar-refractivity contribution in [3.63, 3.8) is 0 Å². The number of nitrogens with one attached hydrogen (secondary N) is 1. The highest BCUT2D eigenvalue weighted by atomic mass is 16.5. The van der Waals surface area contributed by atoms with Gasteiger partial charge in [0.2, 0.25) is 0 Å². The number of hydrogen-bond donors (Lipinski definition) is 1. The van der Waals surface area contributed by atoms with Crippen LogP contribution in [0.15, 0.2) is 0 Å². The first-order valence-electron chi connectivity index (χ1n) is 5.61. The molecule has 0 saturated carbocycles. The van der Waals surface area contributed by atoms with Crippen LogP contribution in [0.5, 0.6) is 0 Å². The van der Waals surface area contributed by atoms with Crippen LogP contribution in [0.2, 0.25) is 0 Å². The molecular weight excluding hydrogens is 174 g/mol. The summed E-state index contributed by atoms with van der Waals surface area (Å²) in [6.07, 6.45) is 9.74. The number of ether oxygens (including phenoxy) is 1. The van der Waals surface area contributed by atoms with Crippen LogP contribution < -0.4 is 5.32 Å². The summed E-state index contributed by atoms with van der Waals surface area (Å²) >= 11 is 0. The van der Waals surface area contributed by atoms with E-state index in [1.165, 1.54) is 12.8 Å². The van der Waals surface area contributed by atoms with E-state index in [4.69, 9.17) is 11.2 Å². The Morgan fingerprint density at radius 3 is 3.07 bits per heavy atom. The Labute approximate surface area is 87.4 Å². The van der Waals surface area contributed by atoms with Crippen LogP contribution in [0.4, 0.5) is 0 Å². The molecule has 80 valence electrons. The third-order valence-electron chi connectivity index (χ3n) is 2.81. The van der Waals surface area contributed by atoms with Gasteiger partial charge in [0.25, 0.3) is 0 Å². The minimum atomic E-state index is 0.488. The van der Waals surface area contributed by atoms with Crippen LogP contribution in [-0.4, -0.2) is 25.8 Å². The van der Waals surface area contributed by atoms with Crippen molar-refractivity contribution in [2.75, 3.05) is 19.8 Å². The lowest BCUT2D eigenvalue weighted by Gasteiger charge is -2.24. The zero-order chi connectivity index (χ0) is 10.2. The largest absolute Gasteiger partial charge is 0.381 e. The zero-order valence-electron chi connectivity index (χ0n) is 9.09. The van der Waals surface area contributed by atoms with Gasteiger partial charge in [-0.3, -0.25) is 0 Å². The Morgan fingerprint density at radius 1 is 1.64 bits per heavy atom. The highest BCUT2D eigenvalue weighted by molar-refractivity contribution is 4.89. The van der Waals surface area contributed by atoms with Crippen molar-refractivity contribution in [3.05, 3.63) is 0 Å². The lowest BCUT2D eigenvalue weighted by molar-refractivity contribution is 0.0538. The molecule has 0 bridgehead atoms. The second-order valence-electron chi connectivity index (χ2n) is 4.00. The van der Waals surface area contributed by atoms with E-state index >= 15 is 0 Å². The van der Waals surface area contributed by atoms with Crippen molar-refractivity contribution in [3.8, 4) is 12.3 Å². The number of hydrogen-bond acceptors (Lipinski definition) is 2. The highest BCUT2D eigenvalue weighted by Crippen LogP contribution is 2.12. The molecule has 2 nitrogen and oxygen atoms in total. The maximum atomic E-state index is 5.43. The molecule has 0 aliphatic carbocycles. The van der Waals surface area contributed by atoms with E-state index in [0.29, 0.717) is 12.0 Å². The summed E-state index contributed by atoms with van der Waals surface area (Å²) in [6.45, 7) is 5.09. The van der Waals surface area contributed by atoms with Gasteiger partial charge in [-0.15, -0.1) is 12.3 Å². The molecule has 0 aromatic carbocycles. The third-order valence-corrected chi connectivity index (χ3v) is 2.81. The third kappa shape index (κ3) is 4.13. The Balaban J connectivity index is 2.14. The molecule has 2 atom stereocenters. The summed E-state index contributed by atoms with van der Waals surface area (Å²) in [5.74, 6) is 3.40. The van der Waals surface area contributed by atoms with E-state index in [-0.39, 0.29) is 0 Å². The fourth-order valence-corrected chi connectivity index (χ4v) is 1.80. The summed E-state index contributed by atoms with van der Waals surface area (Å²) in [7, 11) is 0. The maximum absolute atomic E-state index is 5.43. The SMILES string of the molecule is C#CCC(CC)NCC1CCCOC1. The zero-order valence-corrected chi connectivity index (χ0v) is 9.09. The van der Waals surface area contributed by atoms with Gasteiger partial charge in [0, 0.05) is 25.6 Å². The Kier molecular flexibility index (Phi) is 5.66. The van der Waals surface area contributed by atoms with Crippen molar-refractivity contribution >= 4 is 0 Å². The minimum Gasteiger partial charge on any atom is -0.381 e. The number of rotatable bonds is 5. The standard InChI is InChI=1S/C12H21NO/c1-3-6-12(4-2)13-9-11-7-5-8-14-10-11/h1,11-13H,4-10H2,2H3. The quantitative estimate of drug-likeness (QED) is 0.675. The summed E-state index contributed by atoms with van der Waals surface area (Å²) < 4.78 is 5.43. The van der Waals surface area contributed by atoms with Crippen LogP contribution in [0.1, 0.15) is 32.6 Å². The van der Waals surface area contributed by atoms with E-state index in [0.717, 1.165) is 32.6 Å². The van der Waals surface area contributed by atoms with Crippen molar-refractivity contribution in [1.82, 2.24) is 5.32 Å². The van der Waals surface area contributed by atoms with Gasteiger partial charge in [0.05, 0.1) is 6.61 Å². The second-order valence-corrected chi connectivity index (χ2v) is 4.00. The van der Waals surface area contributed by atoms with Crippen molar-refractivity contribution in [2.24, 2.45) is 5.92 Å². The summed E-state index contributed by atoms with van der Waals surface area (Å²) in [4.78, 5) is 0. The Morgan fingerprint density at radius 2 is 2.50 bits per heavy atom. The number of terminal acetylenes is 1. The minimum absolute atomic E-state index is 0.488. The summed E-state index contributed by atoms with van der Waals surface area (Å²) in [5, 5.41) is 3.52. The smallest absolute Gasteiger partial charge is 0.0506 e. The van der Waals surface area contributed by atoms with Crippen LogP contribution in [0.25, 0.3) is 0 Å². The van der Waals surface area contributed by atoms with E-state index in [1.807, 2.05) is 0 Å². The first-order valence-corrected chi connectivity index (χ1v) is 5.61. The molecule has 1 saturated heterocycles. The monoisotopic (exact) mass is 195 g/mol. The molecule has 0 spiro atoms. The van der Waals surface area contributed by atoms with E-state index in [9.17, 15) is 0 Å². The van der Waals surface area contributed by atoms with Gasteiger partial charge < -0.3 is 10.1 Å². The average Bonchev–Trinajstić information content (AvgIpc) is 2.25. The topological polar surface area (TPSA) is 21.3 Å². The molecule has 1 heterocycles. The molecule has 0 aromatic heterocycles. The fraction of sp³-hybridized carbons (Fsp3) is 0.833. The predicted molar refractivity (Wildman–Crippen MR) is 59.1 cm³/mol.